The van der Waals surface area contributed by atoms with Gasteiger partial charge < -0.3 is 10.1 Å². The number of anilines is 3. The lowest BCUT2D eigenvalue weighted by Gasteiger charge is -2.34. The molecular weight excluding hydrogens is 494 g/mol. The van der Waals surface area contributed by atoms with E-state index in [1.807, 2.05) is 13.8 Å². The number of benzene rings is 1. The summed E-state index contributed by atoms with van der Waals surface area (Å²) >= 11 is 0.171. The van der Waals surface area contributed by atoms with E-state index in [-0.39, 0.29) is 40.8 Å². The number of hydrogen-bond donors (Lipinski definition) is 1. The van der Waals surface area contributed by atoms with Gasteiger partial charge in [0.1, 0.15) is 6.61 Å². The minimum Gasteiger partial charge on any atom is -0.475 e. The van der Waals surface area contributed by atoms with Gasteiger partial charge in [0.15, 0.2) is 5.82 Å². The normalized spacial score (nSPS) is 16.1. The van der Waals surface area contributed by atoms with Gasteiger partial charge in [-0.2, -0.15) is 9.97 Å². The van der Waals surface area contributed by atoms with Gasteiger partial charge in [0, 0.05) is 34.1 Å². The summed E-state index contributed by atoms with van der Waals surface area (Å²) in [5.74, 6) is 0.641. The van der Waals surface area contributed by atoms with Crippen molar-refractivity contribution in [3.05, 3.63) is 65.1 Å². The van der Waals surface area contributed by atoms with Crippen LogP contribution in [0.5, 0.6) is 0 Å². The molecule has 0 radical (unpaired) electrons. The van der Waals surface area contributed by atoms with Gasteiger partial charge in [-0.25, -0.2) is 9.79 Å². The summed E-state index contributed by atoms with van der Waals surface area (Å²) in [5, 5.41) is 2.90. The number of ether oxygens (including phenoxy) is 1. The molecule has 188 valence electrons. The lowest BCUT2D eigenvalue weighted by atomic mass is 10.1. The number of amides is 3. The molecule has 2 aliphatic rings. The number of rotatable bonds is 5. The molecule has 0 unspecified atom stereocenters. The van der Waals surface area contributed by atoms with Crippen LogP contribution in [-0.4, -0.2) is 52.0 Å². The Bertz CT molecular complexity index is 1460. The number of aryl methyl sites for hydroxylation is 1. The van der Waals surface area contributed by atoms with Gasteiger partial charge in [-0.3, -0.25) is 19.6 Å². The second-order valence-corrected chi connectivity index (χ2v) is 9.92. The highest BCUT2D eigenvalue weighted by atomic mass is 32.1. The number of nitrogens with zero attached hydrogens (tertiary/aromatic N) is 6. The Morgan fingerprint density at radius 1 is 1.16 bits per heavy atom. The van der Waals surface area contributed by atoms with E-state index in [1.54, 1.807) is 56.7 Å². The van der Waals surface area contributed by atoms with Gasteiger partial charge in [0.25, 0.3) is 5.91 Å². The molecule has 5 rings (SSSR count). The summed E-state index contributed by atoms with van der Waals surface area (Å²) < 4.78 is 16.8. The molecule has 2 aromatic heterocycles. The molecule has 0 saturated carbocycles. The van der Waals surface area contributed by atoms with E-state index in [1.165, 1.54) is 9.80 Å². The smallest absolute Gasteiger partial charge is 0.475 e. The van der Waals surface area contributed by atoms with Crippen molar-refractivity contribution in [1.82, 2.24) is 15.0 Å². The van der Waals surface area contributed by atoms with Gasteiger partial charge in [-0.05, 0) is 51.1 Å². The molecule has 0 fully saturated rings. The van der Waals surface area contributed by atoms with Crippen molar-refractivity contribution in [3.8, 4) is 0 Å². The zero-order valence-electron chi connectivity index (χ0n) is 20.7. The SMILES string of the molecule is Cc1ncc(NC(=O)c2ccc(C3=NC(C)(C)CO3)cc2)cc1N1Cc2cnc([S+]=O)nc2N(C)C1=O. The van der Waals surface area contributed by atoms with E-state index in [0.29, 0.717) is 46.5 Å². The molecule has 0 aliphatic carbocycles. The average Bonchev–Trinajstić information content (AvgIpc) is 3.26. The maximum Gasteiger partial charge on any atom is 0.550 e. The van der Waals surface area contributed by atoms with Crippen LogP contribution in [0.1, 0.15) is 41.0 Å². The number of aliphatic imine (C=N–C) groups is 1. The van der Waals surface area contributed by atoms with E-state index in [2.05, 4.69) is 25.3 Å². The highest BCUT2D eigenvalue weighted by molar-refractivity contribution is 7.65. The van der Waals surface area contributed by atoms with Crippen LogP contribution < -0.4 is 15.1 Å². The lowest BCUT2D eigenvalue weighted by Crippen LogP contribution is -2.46. The molecule has 1 N–H and O–H groups in total. The fourth-order valence-electron chi connectivity index (χ4n) is 4.08. The van der Waals surface area contributed by atoms with Crippen LogP contribution in [0.2, 0.25) is 0 Å². The number of carbonyl (C=O) groups is 2. The van der Waals surface area contributed by atoms with Gasteiger partial charge >= 0.3 is 22.9 Å². The second-order valence-electron chi connectivity index (χ2n) is 9.39. The van der Waals surface area contributed by atoms with Crippen molar-refractivity contribution in [2.75, 3.05) is 28.8 Å². The predicted molar refractivity (Wildman–Crippen MR) is 138 cm³/mol. The number of aromatic nitrogens is 3. The lowest BCUT2D eigenvalue weighted by molar-refractivity contribution is 0.102. The first kappa shape index (κ1) is 24.4. The van der Waals surface area contributed by atoms with Crippen molar-refractivity contribution in [2.24, 2.45) is 4.99 Å². The summed E-state index contributed by atoms with van der Waals surface area (Å²) in [5.41, 5.74) is 3.27. The van der Waals surface area contributed by atoms with Crippen LogP contribution >= 0.6 is 0 Å². The van der Waals surface area contributed by atoms with Gasteiger partial charge in [-0.15, -0.1) is 0 Å². The van der Waals surface area contributed by atoms with Crippen LogP contribution in [-0.2, 0) is 27.2 Å². The molecule has 12 heteroatoms. The molecule has 11 nitrogen and oxygen atoms in total. The Balaban J connectivity index is 1.35. The van der Waals surface area contributed by atoms with Crippen LogP contribution in [0.25, 0.3) is 0 Å². The summed E-state index contributed by atoms with van der Waals surface area (Å²) in [4.78, 5) is 46.1. The molecular formula is C25H24N7O4S+. The van der Waals surface area contributed by atoms with Crippen LogP contribution in [0, 0.1) is 6.92 Å². The van der Waals surface area contributed by atoms with Crippen LogP contribution in [0.3, 0.4) is 0 Å². The van der Waals surface area contributed by atoms with E-state index in [4.69, 9.17) is 4.74 Å². The largest absolute Gasteiger partial charge is 0.550 e. The number of pyridine rings is 1. The Morgan fingerprint density at radius 3 is 2.59 bits per heavy atom. The number of hydrogen-bond acceptors (Lipinski definition) is 8. The van der Waals surface area contributed by atoms with E-state index in [0.717, 1.165) is 5.56 Å². The van der Waals surface area contributed by atoms with Crippen molar-refractivity contribution >= 4 is 46.7 Å². The standard InChI is InChI=1S/C25H23N7O4S/c1-14-19(32-12-17-10-27-23(37-35)29-20(17)31(4)24(32)34)9-18(11-26-14)28-21(33)15-5-7-16(8-6-15)22-30-25(2,3)13-36-22/h5-11H,12-13H2,1-4H3/p+1. The van der Waals surface area contributed by atoms with E-state index >= 15 is 0 Å². The molecule has 0 saturated heterocycles. The number of urea groups is 1. The molecule has 3 aromatic rings. The maximum atomic E-state index is 13.1. The van der Waals surface area contributed by atoms with Crippen molar-refractivity contribution in [1.29, 1.82) is 0 Å². The Hall–Kier alpha value is -4.32. The number of fused-ring (bicyclic) bond motifs is 1. The fraction of sp³-hybridized carbons (Fsp3) is 0.280. The minimum absolute atomic E-state index is 0.0510. The zero-order chi connectivity index (χ0) is 26.3. The Kier molecular flexibility index (Phi) is 6.12. The molecule has 0 spiro atoms. The average molecular weight is 519 g/mol. The molecule has 0 bridgehead atoms. The fourth-order valence-corrected chi connectivity index (χ4v) is 4.30. The monoisotopic (exact) mass is 518 g/mol. The van der Waals surface area contributed by atoms with Gasteiger partial charge in [-0.1, -0.05) is 0 Å². The Morgan fingerprint density at radius 2 is 1.92 bits per heavy atom. The summed E-state index contributed by atoms with van der Waals surface area (Å²) in [7, 11) is 1.58. The molecule has 4 heterocycles. The molecule has 2 aliphatic heterocycles. The highest BCUT2D eigenvalue weighted by Crippen LogP contribution is 2.32. The third-order valence-electron chi connectivity index (χ3n) is 6.03. The number of carbonyl (C=O) groups excluding carboxylic acids is 2. The second kappa shape index (κ2) is 9.28. The quantitative estimate of drug-likeness (QED) is 0.405. The summed E-state index contributed by atoms with van der Waals surface area (Å²) in [6.45, 7) is 6.49. The summed E-state index contributed by atoms with van der Waals surface area (Å²) in [6, 6.07) is 8.38. The van der Waals surface area contributed by atoms with Crippen LogP contribution in [0.4, 0.5) is 22.0 Å². The maximum absolute atomic E-state index is 13.1. The highest BCUT2D eigenvalue weighted by Gasteiger charge is 2.33. The molecule has 0 atom stereocenters. The summed E-state index contributed by atoms with van der Waals surface area (Å²) in [6.07, 6.45) is 3.08. The van der Waals surface area contributed by atoms with Crippen molar-refractivity contribution in [3.63, 3.8) is 0 Å². The van der Waals surface area contributed by atoms with Crippen LogP contribution in [0.15, 0.2) is 52.9 Å². The predicted octanol–water partition coefficient (Wildman–Crippen LogP) is 3.35. The topological polar surface area (TPSA) is 130 Å². The first-order valence-corrected chi connectivity index (χ1v) is 12.2. The van der Waals surface area contributed by atoms with Crippen molar-refractivity contribution < 1.29 is 18.5 Å². The zero-order valence-corrected chi connectivity index (χ0v) is 21.5. The van der Waals surface area contributed by atoms with Gasteiger partial charge in [0.2, 0.25) is 5.90 Å². The first-order valence-electron chi connectivity index (χ1n) is 11.5. The Labute approximate surface area is 217 Å². The molecule has 1 aromatic carbocycles. The number of nitrogens with one attached hydrogen (secondary N) is 1. The first-order chi connectivity index (χ1) is 17.6. The molecule has 3 amide bonds. The minimum atomic E-state index is -0.336. The van der Waals surface area contributed by atoms with Gasteiger partial charge in [0.05, 0.1) is 35.3 Å². The third kappa shape index (κ3) is 4.75. The van der Waals surface area contributed by atoms with E-state index in [9.17, 15) is 13.8 Å². The third-order valence-corrected chi connectivity index (χ3v) is 6.37. The van der Waals surface area contributed by atoms with E-state index < -0.39 is 0 Å². The van der Waals surface area contributed by atoms with Crippen molar-refractivity contribution in [2.45, 2.75) is 38.0 Å². The molecule has 37 heavy (non-hydrogen) atoms.